The monoisotopic (exact) mass is 1170 g/mol. The Morgan fingerprint density at radius 1 is 0.241 bits per heavy atom. The van der Waals surface area contributed by atoms with Crippen molar-refractivity contribution in [1.82, 2.24) is 0 Å². The number of esters is 3. The number of hydrogen-bond acceptors (Lipinski definition) is 6. The molecule has 0 rings (SSSR count). The van der Waals surface area contributed by atoms with Crippen molar-refractivity contribution in [3.05, 3.63) is 36.5 Å². The van der Waals surface area contributed by atoms with Gasteiger partial charge in [0.2, 0.25) is 0 Å². The van der Waals surface area contributed by atoms with Gasteiger partial charge in [0, 0.05) is 19.3 Å². The first-order valence-corrected chi connectivity index (χ1v) is 37.5. The van der Waals surface area contributed by atoms with Crippen LogP contribution in [0.15, 0.2) is 36.5 Å². The summed E-state index contributed by atoms with van der Waals surface area (Å²) in [5.41, 5.74) is 0. The van der Waals surface area contributed by atoms with Gasteiger partial charge in [-0.25, -0.2) is 0 Å². The molecule has 0 saturated heterocycles. The van der Waals surface area contributed by atoms with Gasteiger partial charge >= 0.3 is 17.9 Å². The number of carbonyl (C=O) groups is 3. The van der Waals surface area contributed by atoms with Crippen LogP contribution in [0.25, 0.3) is 0 Å². The Hall–Kier alpha value is -2.37. The van der Waals surface area contributed by atoms with Crippen molar-refractivity contribution < 1.29 is 28.6 Å². The largest absolute Gasteiger partial charge is 0.462 e. The van der Waals surface area contributed by atoms with E-state index in [0.29, 0.717) is 19.3 Å². The molecule has 0 aromatic heterocycles. The molecule has 0 fully saturated rings. The van der Waals surface area contributed by atoms with E-state index in [1.807, 2.05) is 0 Å². The van der Waals surface area contributed by atoms with Gasteiger partial charge in [0.1, 0.15) is 13.2 Å². The highest BCUT2D eigenvalue weighted by Gasteiger charge is 2.20. The van der Waals surface area contributed by atoms with Gasteiger partial charge in [-0.2, -0.15) is 0 Å². The SMILES string of the molecule is CCCCCCC/C=C\C/C=C\C/C=C\CCCCCCCCC(=O)OC(COC(=O)CCCCCCCCCCCCCCCCCC)COC(=O)CCCCCCCCCCCCCCCCCCCCCCCCCCCCCC. The lowest BCUT2D eigenvalue weighted by Gasteiger charge is -2.18. The third-order valence-electron chi connectivity index (χ3n) is 17.1. The average Bonchev–Trinajstić information content (AvgIpc) is 3.50. The summed E-state index contributed by atoms with van der Waals surface area (Å²) in [6.45, 7) is 6.71. The van der Waals surface area contributed by atoms with Gasteiger partial charge in [-0.1, -0.05) is 378 Å². The van der Waals surface area contributed by atoms with E-state index in [9.17, 15) is 14.4 Å². The third-order valence-corrected chi connectivity index (χ3v) is 17.1. The molecule has 0 heterocycles. The van der Waals surface area contributed by atoms with Crippen molar-refractivity contribution in [2.24, 2.45) is 0 Å². The van der Waals surface area contributed by atoms with Gasteiger partial charge in [-0.3, -0.25) is 14.4 Å². The van der Waals surface area contributed by atoms with E-state index in [-0.39, 0.29) is 31.1 Å². The molecule has 0 amide bonds. The Labute approximate surface area is 518 Å². The normalized spacial score (nSPS) is 12.2. The lowest BCUT2D eigenvalue weighted by molar-refractivity contribution is -0.167. The molecular weight excluding hydrogens is 1020 g/mol. The molecule has 0 spiro atoms. The number of unbranched alkanes of at least 4 members (excludes halogenated alkanes) is 53. The Morgan fingerprint density at radius 2 is 0.434 bits per heavy atom. The highest BCUT2D eigenvalue weighted by atomic mass is 16.6. The Kier molecular flexibility index (Phi) is 70.0. The molecule has 0 N–H and O–H groups in total. The van der Waals surface area contributed by atoms with Crippen LogP contribution in [0.2, 0.25) is 0 Å². The van der Waals surface area contributed by atoms with Crippen LogP contribution in [0.3, 0.4) is 0 Å². The maximum Gasteiger partial charge on any atom is 0.306 e. The summed E-state index contributed by atoms with van der Waals surface area (Å²) in [5, 5.41) is 0. The predicted molar refractivity (Wildman–Crippen MR) is 362 cm³/mol. The van der Waals surface area contributed by atoms with Crippen molar-refractivity contribution in [3.63, 3.8) is 0 Å². The van der Waals surface area contributed by atoms with E-state index >= 15 is 0 Å². The molecule has 0 aliphatic rings. The summed E-state index contributed by atoms with van der Waals surface area (Å²) in [4.78, 5) is 38.5. The summed E-state index contributed by atoms with van der Waals surface area (Å²) < 4.78 is 17.0. The lowest BCUT2D eigenvalue weighted by Crippen LogP contribution is -2.30. The molecule has 0 saturated carbocycles. The zero-order valence-electron chi connectivity index (χ0n) is 56.2. The molecule has 83 heavy (non-hydrogen) atoms. The van der Waals surface area contributed by atoms with Crippen LogP contribution >= 0.6 is 0 Å². The highest BCUT2D eigenvalue weighted by Crippen LogP contribution is 2.19. The second-order valence-corrected chi connectivity index (χ2v) is 25.6. The molecule has 0 aromatic rings. The topological polar surface area (TPSA) is 78.9 Å². The maximum atomic E-state index is 13.0. The Balaban J connectivity index is 4.25. The third kappa shape index (κ3) is 70.3. The Morgan fingerprint density at radius 3 is 0.675 bits per heavy atom. The fraction of sp³-hybridized carbons (Fsp3) is 0.883. The standard InChI is InChI=1S/C77H144O6/c1-4-7-10-13-16-19-22-25-28-31-33-35-36-37-38-39-40-41-43-44-46-49-52-55-58-61-64-67-70-76(79)82-73-74(72-81-75(78)69-66-63-60-57-54-51-48-30-27-24-21-18-15-12-9-6-3)83-77(80)71-68-65-62-59-56-53-50-47-45-42-34-32-29-26-23-20-17-14-11-8-5-2/h23,26,32,34,45,47,74H,4-22,24-25,27-31,33,35-44,46,48-73H2,1-3H3/b26-23-,34-32-,47-45-. The van der Waals surface area contributed by atoms with Crippen LogP contribution in [-0.4, -0.2) is 37.2 Å². The van der Waals surface area contributed by atoms with E-state index in [4.69, 9.17) is 14.2 Å². The van der Waals surface area contributed by atoms with Crippen LogP contribution < -0.4 is 0 Å². The number of carbonyl (C=O) groups excluding carboxylic acids is 3. The number of hydrogen-bond donors (Lipinski definition) is 0. The van der Waals surface area contributed by atoms with Crippen molar-refractivity contribution >= 4 is 17.9 Å². The van der Waals surface area contributed by atoms with Gasteiger partial charge in [-0.05, 0) is 57.8 Å². The van der Waals surface area contributed by atoms with Crippen LogP contribution in [0.4, 0.5) is 0 Å². The average molecular weight is 1170 g/mol. The minimum Gasteiger partial charge on any atom is -0.462 e. The molecule has 0 aliphatic carbocycles. The highest BCUT2D eigenvalue weighted by molar-refractivity contribution is 5.71. The van der Waals surface area contributed by atoms with Crippen molar-refractivity contribution in [3.8, 4) is 0 Å². The second-order valence-electron chi connectivity index (χ2n) is 25.6. The number of rotatable bonds is 70. The van der Waals surface area contributed by atoms with Gasteiger partial charge in [0.25, 0.3) is 0 Å². The zero-order valence-corrected chi connectivity index (χ0v) is 56.2. The van der Waals surface area contributed by atoms with E-state index in [1.54, 1.807) is 0 Å². The van der Waals surface area contributed by atoms with E-state index in [0.717, 1.165) is 77.0 Å². The molecule has 488 valence electrons. The lowest BCUT2D eigenvalue weighted by atomic mass is 10.0. The first kappa shape index (κ1) is 80.6. The van der Waals surface area contributed by atoms with Gasteiger partial charge < -0.3 is 14.2 Å². The molecule has 0 aromatic carbocycles. The number of allylic oxidation sites excluding steroid dienone is 6. The van der Waals surface area contributed by atoms with E-state index in [1.165, 1.54) is 302 Å². The summed E-state index contributed by atoms with van der Waals surface area (Å²) in [7, 11) is 0. The molecule has 1 atom stereocenters. The summed E-state index contributed by atoms with van der Waals surface area (Å²) in [5.74, 6) is -0.851. The zero-order chi connectivity index (χ0) is 59.9. The fourth-order valence-corrected chi connectivity index (χ4v) is 11.5. The van der Waals surface area contributed by atoms with Crippen molar-refractivity contribution in [2.45, 2.75) is 425 Å². The second kappa shape index (κ2) is 72.1. The summed E-state index contributed by atoms with van der Waals surface area (Å²) in [6.07, 6.45) is 90.4. The first-order chi connectivity index (χ1) is 41.0. The van der Waals surface area contributed by atoms with Crippen molar-refractivity contribution in [2.75, 3.05) is 13.2 Å². The minimum atomic E-state index is -0.778. The molecule has 6 nitrogen and oxygen atoms in total. The molecule has 0 aliphatic heterocycles. The molecule has 6 heteroatoms. The van der Waals surface area contributed by atoms with Gasteiger partial charge in [-0.15, -0.1) is 0 Å². The summed E-state index contributed by atoms with van der Waals surface area (Å²) in [6, 6.07) is 0. The quantitative estimate of drug-likeness (QED) is 0.0261. The van der Waals surface area contributed by atoms with Crippen molar-refractivity contribution in [1.29, 1.82) is 0 Å². The molecule has 0 bridgehead atoms. The number of ether oxygens (including phenoxy) is 3. The van der Waals surface area contributed by atoms with Crippen LogP contribution in [-0.2, 0) is 28.6 Å². The molecule has 0 radical (unpaired) electrons. The Bertz CT molecular complexity index is 1380. The van der Waals surface area contributed by atoms with Crippen LogP contribution in [0.5, 0.6) is 0 Å². The summed E-state index contributed by atoms with van der Waals surface area (Å²) >= 11 is 0. The van der Waals surface area contributed by atoms with Gasteiger partial charge in [0.05, 0.1) is 0 Å². The van der Waals surface area contributed by atoms with E-state index in [2.05, 4.69) is 57.2 Å². The van der Waals surface area contributed by atoms with Crippen LogP contribution in [0.1, 0.15) is 419 Å². The first-order valence-electron chi connectivity index (χ1n) is 37.5. The van der Waals surface area contributed by atoms with Crippen LogP contribution in [0, 0.1) is 0 Å². The maximum absolute atomic E-state index is 13.0. The van der Waals surface area contributed by atoms with E-state index < -0.39 is 6.10 Å². The fourth-order valence-electron chi connectivity index (χ4n) is 11.5. The van der Waals surface area contributed by atoms with Gasteiger partial charge in [0.15, 0.2) is 6.10 Å². The minimum absolute atomic E-state index is 0.0716. The molecular formula is C77H144O6. The molecule has 1 unspecified atom stereocenters. The smallest absolute Gasteiger partial charge is 0.306 e. The predicted octanol–water partition coefficient (Wildman–Crippen LogP) is 25.9.